The minimum atomic E-state index is -0.324. The van der Waals surface area contributed by atoms with E-state index in [9.17, 15) is 4.79 Å². The van der Waals surface area contributed by atoms with E-state index in [1.807, 2.05) is 36.4 Å². The molecule has 1 saturated heterocycles. The van der Waals surface area contributed by atoms with Gasteiger partial charge in [-0.2, -0.15) is 0 Å². The van der Waals surface area contributed by atoms with Crippen LogP contribution in [0.1, 0.15) is 11.3 Å². The van der Waals surface area contributed by atoms with E-state index < -0.39 is 0 Å². The van der Waals surface area contributed by atoms with E-state index in [1.165, 1.54) is 12.4 Å². The number of carbonyl (C=O) groups excluding carboxylic acids is 1. The molecule has 0 radical (unpaired) electrons. The molecule has 4 aromatic rings. The van der Waals surface area contributed by atoms with Crippen LogP contribution in [-0.4, -0.2) is 58.2 Å². The third-order valence-electron chi connectivity index (χ3n) is 6.62. The second-order valence-electron chi connectivity index (χ2n) is 9.09. The molecule has 1 fully saturated rings. The number of anilines is 2. The minimum absolute atomic E-state index is 0.0804. The number of fused-ring (bicyclic) bond motifs is 2. The monoisotopic (exact) mass is 561 g/mol. The highest BCUT2D eigenvalue weighted by atomic mass is 35.5. The van der Waals surface area contributed by atoms with Crippen LogP contribution in [0, 0.1) is 0 Å². The molecule has 0 spiro atoms. The second kappa shape index (κ2) is 10.6. The summed E-state index contributed by atoms with van der Waals surface area (Å²) >= 11 is 8.14. The molecule has 1 aliphatic heterocycles. The molecule has 3 heterocycles. The third-order valence-corrected chi connectivity index (χ3v) is 7.70. The number of nitrogens with one attached hydrogen (secondary N) is 1. The number of likely N-dealkylation sites (tertiary alicyclic amines) is 1. The second-order valence-corrected chi connectivity index (χ2v) is 10.4. The number of thiazole rings is 1. The molecule has 2 aliphatic rings. The zero-order chi connectivity index (χ0) is 26.9. The predicted octanol–water partition coefficient (Wildman–Crippen LogP) is 5.60. The van der Waals surface area contributed by atoms with Gasteiger partial charge in [-0.25, -0.2) is 15.0 Å². The number of carbonyl (C=O) groups is 1. The van der Waals surface area contributed by atoms with Crippen LogP contribution in [0.2, 0.25) is 5.02 Å². The third kappa shape index (κ3) is 5.18. The van der Waals surface area contributed by atoms with Crippen molar-refractivity contribution in [1.29, 1.82) is 0 Å². The molecule has 39 heavy (non-hydrogen) atoms. The molecule has 11 heteroatoms. The van der Waals surface area contributed by atoms with Crippen molar-refractivity contribution < 1.29 is 19.0 Å². The molecule has 6 rings (SSSR count). The lowest BCUT2D eigenvalue weighted by Crippen LogP contribution is -2.55. The number of rotatable bonds is 8. The van der Waals surface area contributed by atoms with Gasteiger partial charge < -0.3 is 24.4 Å². The van der Waals surface area contributed by atoms with E-state index in [4.69, 9.17) is 25.8 Å². The van der Waals surface area contributed by atoms with Crippen LogP contribution in [0.5, 0.6) is 11.5 Å². The Morgan fingerprint density at radius 2 is 2.08 bits per heavy atom. The molecule has 9 nitrogen and oxygen atoms in total. The van der Waals surface area contributed by atoms with Crippen molar-refractivity contribution in [3.05, 3.63) is 82.9 Å². The molecule has 0 saturated carbocycles. The van der Waals surface area contributed by atoms with Crippen molar-refractivity contribution in [2.45, 2.75) is 18.6 Å². The summed E-state index contributed by atoms with van der Waals surface area (Å²) in [5, 5.41) is 3.82. The Labute approximate surface area is 233 Å². The minimum Gasteiger partial charge on any atom is -0.498 e. The van der Waals surface area contributed by atoms with Gasteiger partial charge in [0, 0.05) is 42.9 Å². The summed E-state index contributed by atoms with van der Waals surface area (Å²) in [5.41, 5.74) is 5.15. The maximum absolute atomic E-state index is 11.8. The molecule has 0 bridgehead atoms. The number of aromatic nitrogens is 3. The lowest BCUT2D eigenvalue weighted by Gasteiger charge is -2.40. The van der Waals surface area contributed by atoms with Gasteiger partial charge in [-0.05, 0) is 36.4 Å². The Morgan fingerprint density at radius 3 is 2.87 bits per heavy atom. The Kier molecular flexibility index (Phi) is 6.90. The van der Waals surface area contributed by atoms with E-state index in [0.717, 1.165) is 27.2 Å². The fourth-order valence-electron chi connectivity index (χ4n) is 4.57. The fraction of sp³-hybridized carbons (Fsp3) is 0.214. The summed E-state index contributed by atoms with van der Waals surface area (Å²) in [6, 6.07) is 11.2. The van der Waals surface area contributed by atoms with Crippen LogP contribution in [0.25, 0.3) is 16.3 Å². The molecule has 1 atom stereocenters. The number of ether oxygens (including phenoxy) is 3. The van der Waals surface area contributed by atoms with Crippen molar-refractivity contribution in [1.82, 2.24) is 19.9 Å². The maximum atomic E-state index is 11.8. The summed E-state index contributed by atoms with van der Waals surface area (Å²) < 4.78 is 19.0. The van der Waals surface area contributed by atoms with Gasteiger partial charge in [-0.15, -0.1) is 11.3 Å². The van der Waals surface area contributed by atoms with E-state index in [1.54, 1.807) is 34.9 Å². The Balaban J connectivity index is 1.17. The van der Waals surface area contributed by atoms with Crippen LogP contribution in [0.15, 0.2) is 66.7 Å². The number of hydrogen-bond donors (Lipinski definition) is 1. The summed E-state index contributed by atoms with van der Waals surface area (Å²) in [6.07, 6.45) is 4.80. The number of hydrogen-bond acceptors (Lipinski definition) is 9. The molecule has 1 amide bonds. The van der Waals surface area contributed by atoms with Crippen LogP contribution < -0.4 is 10.1 Å². The smallest absolute Gasteiger partial charge is 0.246 e. The quantitative estimate of drug-likeness (QED) is 0.278. The molecule has 2 aromatic heterocycles. The van der Waals surface area contributed by atoms with E-state index >= 15 is 0 Å². The number of methoxy groups -OCH3 is 1. The first kappa shape index (κ1) is 25.3. The zero-order valence-corrected chi connectivity index (χ0v) is 22.5. The van der Waals surface area contributed by atoms with Crippen LogP contribution >= 0.6 is 22.9 Å². The van der Waals surface area contributed by atoms with Gasteiger partial charge >= 0.3 is 0 Å². The maximum Gasteiger partial charge on any atom is 0.246 e. The SMILES string of the molecule is C=CC(=O)N1CC(OC2Cc3c(ncnc3Nc3ccc(Oc4ccc5ncsc5c4)c(Cl)c3)C=C2OC)C1. The van der Waals surface area contributed by atoms with Gasteiger partial charge in [0.15, 0.2) is 0 Å². The van der Waals surface area contributed by atoms with Gasteiger partial charge in [0.1, 0.15) is 35.5 Å². The molecule has 1 N–H and O–H groups in total. The number of amides is 1. The van der Waals surface area contributed by atoms with Gasteiger partial charge in [0.25, 0.3) is 0 Å². The van der Waals surface area contributed by atoms with Crippen LogP contribution in [0.3, 0.4) is 0 Å². The van der Waals surface area contributed by atoms with Gasteiger partial charge in [-0.1, -0.05) is 18.2 Å². The number of benzene rings is 2. The normalized spacial score (nSPS) is 16.7. The van der Waals surface area contributed by atoms with Crippen molar-refractivity contribution in [2.24, 2.45) is 0 Å². The predicted molar refractivity (Wildman–Crippen MR) is 151 cm³/mol. The van der Waals surface area contributed by atoms with Crippen LogP contribution in [-0.2, 0) is 20.7 Å². The highest BCUT2D eigenvalue weighted by Crippen LogP contribution is 2.36. The first-order valence-electron chi connectivity index (χ1n) is 12.2. The Morgan fingerprint density at radius 1 is 1.21 bits per heavy atom. The van der Waals surface area contributed by atoms with Gasteiger partial charge in [-0.3, -0.25) is 4.79 Å². The largest absolute Gasteiger partial charge is 0.498 e. The van der Waals surface area contributed by atoms with Crippen molar-refractivity contribution in [3.8, 4) is 11.5 Å². The number of nitrogens with zero attached hydrogens (tertiary/aromatic N) is 4. The highest BCUT2D eigenvalue weighted by Gasteiger charge is 2.35. The number of halogens is 1. The summed E-state index contributed by atoms with van der Waals surface area (Å²) in [5.74, 6) is 2.47. The highest BCUT2D eigenvalue weighted by molar-refractivity contribution is 7.16. The average molecular weight is 562 g/mol. The van der Waals surface area contributed by atoms with Gasteiger partial charge in [0.2, 0.25) is 5.91 Å². The molecular weight excluding hydrogens is 538 g/mol. The Bertz CT molecular complexity index is 1600. The first-order chi connectivity index (χ1) is 19.0. The first-order valence-corrected chi connectivity index (χ1v) is 13.5. The zero-order valence-electron chi connectivity index (χ0n) is 21.0. The summed E-state index contributed by atoms with van der Waals surface area (Å²) in [7, 11) is 1.61. The van der Waals surface area contributed by atoms with Gasteiger partial charge in [0.05, 0.1) is 39.7 Å². The topological polar surface area (TPSA) is 98.7 Å². The van der Waals surface area contributed by atoms with E-state index in [2.05, 4.69) is 26.8 Å². The molecule has 2 aromatic carbocycles. The molecule has 1 aliphatic carbocycles. The van der Waals surface area contributed by atoms with Crippen molar-refractivity contribution in [2.75, 3.05) is 25.5 Å². The lowest BCUT2D eigenvalue weighted by atomic mass is 9.97. The van der Waals surface area contributed by atoms with Crippen molar-refractivity contribution in [3.63, 3.8) is 0 Å². The summed E-state index contributed by atoms with van der Waals surface area (Å²) in [6.45, 7) is 4.58. The van der Waals surface area contributed by atoms with E-state index in [-0.39, 0.29) is 18.1 Å². The molecule has 198 valence electrons. The Hall–Kier alpha value is -3.99. The van der Waals surface area contributed by atoms with Crippen LogP contribution in [0.4, 0.5) is 11.5 Å². The van der Waals surface area contributed by atoms with E-state index in [0.29, 0.717) is 47.6 Å². The molecule has 1 unspecified atom stereocenters. The standard InChI is InChI=1S/C28H24ClN5O4S/c1-3-27(35)34-12-18(13-34)38-25-10-19-22(11-24(25)36-2)30-14-31-28(19)33-16-4-7-23(20(29)8-16)37-17-5-6-21-26(9-17)39-15-32-21/h3-9,11,14-15,18,25H,1,10,12-13H2,2H3,(H,30,31,33). The fourth-order valence-corrected chi connectivity index (χ4v) is 5.49. The molecular formula is C28H24ClN5O4S. The lowest BCUT2D eigenvalue weighted by molar-refractivity contribution is -0.144. The summed E-state index contributed by atoms with van der Waals surface area (Å²) in [4.78, 5) is 26.7. The van der Waals surface area contributed by atoms with Crippen molar-refractivity contribution >= 4 is 56.6 Å². The average Bonchev–Trinajstić information content (AvgIpc) is 3.39.